The summed E-state index contributed by atoms with van der Waals surface area (Å²) in [6, 6.07) is 0. The smallest absolute Gasteiger partial charge is 0.248 e. The molecule has 0 aromatic rings. The second-order valence-electron chi connectivity index (χ2n) is 5.25. The van der Waals surface area contributed by atoms with Crippen LogP contribution in [0, 0.1) is 11.5 Å². The lowest BCUT2D eigenvalue weighted by molar-refractivity contribution is -0.134. The van der Waals surface area contributed by atoms with Gasteiger partial charge in [0.05, 0.1) is 0 Å². The molecule has 1 amide bonds. The molecule has 0 bridgehead atoms. The SMILES string of the molecule is COCC(=O)N1CC=C(C#C[Si](C)(C)C)CC1. The van der Waals surface area contributed by atoms with E-state index in [9.17, 15) is 4.79 Å². The molecule has 94 valence electrons. The monoisotopic (exact) mass is 251 g/mol. The van der Waals surface area contributed by atoms with Gasteiger partial charge in [-0.05, 0) is 6.42 Å². The fourth-order valence-corrected chi connectivity index (χ4v) is 2.03. The van der Waals surface area contributed by atoms with Crippen LogP contribution in [0.25, 0.3) is 0 Å². The molecule has 0 unspecified atom stereocenters. The zero-order valence-corrected chi connectivity index (χ0v) is 12.2. The highest BCUT2D eigenvalue weighted by Crippen LogP contribution is 2.10. The zero-order valence-electron chi connectivity index (χ0n) is 11.2. The van der Waals surface area contributed by atoms with Gasteiger partial charge in [-0.3, -0.25) is 4.79 Å². The Bertz CT molecular complexity index is 371. The van der Waals surface area contributed by atoms with Crippen LogP contribution >= 0.6 is 0 Å². The molecule has 0 aliphatic carbocycles. The van der Waals surface area contributed by atoms with E-state index in [2.05, 4.69) is 37.2 Å². The molecule has 17 heavy (non-hydrogen) atoms. The molecule has 0 N–H and O–H groups in total. The van der Waals surface area contributed by atoms with Crippen molar-refractivity contribution in [3.05, 3.63) is 11.6 Å². The lowest BCUT2D eigenvalue weighted by Gasteiger charge is -2.24. The maximum absolute atomic E-state index is 11.6. The van der Waals surface area contributed by atoms with Gasteiger partial charge in [-0.25, -0.2) is 0 Å². The third-order valence-electron chi connectivity index (χ3n) is 2.43. The predicted octanol–water partition coefficient (Wildman–Crippen LogP) is 1.67. The van der Waals surface area contributed by atoms with E-state index in [0.717, 1.165) is 13.0 Å². The largest absolute Gasteiger partial charge is 0.375 e. The molecule has 0 saturated carbocycles. The van der Waals surface area contributed by atoms with Gasteiger partial charge in [0.15, 0.2) is 0 Å². The van der Waals surface area contributed by atoms with Gasteiger partial charge in [-0.2, -0.15) is 0 Å². The van der Waals surface area contributed by atoms with Crippen molar-refractivity contribution >= 4 is 14.0 Å². The first-order valence-corrected chi connectivity index (χ1v) is 9.41. The molecular formula is C13H21NO2Si. The van der Waals surface area contributed by atoms with Crippen LogP contribution in [0.4, 0.5) is 0 Å². The topological polar surface area (TPSA) is 29.5 Å². The van der Waals surface area contributed by atoms with Crippen LogP contribution in [0.2, 0.25) is 19.6 Å². The van der Waals surface area contributed by atoms with Crippen LogP contribution in [-0.2, 0) is 9.53 Å². The van der Waals surface area contributed by atoms with Gasteiger partial charge in [-0.15, -0.1) is 5.54 Å². The van der Waals surface area contributed by atoms with Crippen LogP contribution in [-0.4, -0.2) is 45.7 Å². The average molecular weight is 251 g/mol. The third-order valence-corrected chi connectivity index (χ3v) is 3.30. The van der Waals surface area contributed by atoms with E-state index in [1.165, 1.54) is 5.57 Å². The van der Waals surface area contributed by atoms with Crippen molar-refractivity contribution in [2.45, 2.75) is 26.1 Å². The summed E-state index contributed by atoms with van der Waals surface area (Å²) < 4.78 is 4.84. The quantitative estimate of drug-likeness (QED) is 0.552. The number of hydrogen-bond acceptors (Lipinski definition) is 2. The highest BCUT2D eigenvalue weighted by Gasteiger charge is 2.16. The van der Waals surface area contributed by atoms with Gasteiger partial charge in [0.25, 0.3) is 0 Å². The molecule has 1 aliphatic rings. The summed E-state index contributed by atoms with van der Waals surface area (Å²) in [5, 5.41) is 0. The standard InChI is InChI=1S/C13H21NO2Si/c1-16-11-13(15)14-8-5-12(6-9-14)7-10-17(2,3)4/h5H,6,8-9,11H2,1-4H3. The van der Waals surface area contributed by atoms with Crippen molar-refractivity contribution in [2.24, 2.45) is 0 Å². The lowest BCUT2D eigenvalue weighted by Crippen LogP contribution is -2.37. The van der Waals surface area contributed by atoms with Gasteiger partial charge in [-0.1, -0.05) is 31.6 Å². The first-order chi connectivity index (χ1) is 7.92. The normalized spacial score (nSPS) is 16.0. The number of carbonyl (C=O) groups excluding carboxylic acids is 1. The van der Waals surface area contributed by atoms with E-state index in [0.29, 0.717) is 6.54 Å². The van der Waals surface area contributed by atoms with Gasteiger partial charge < -0.3 is 9.64 Å². The molecule has 1 aliphatic heterocycles. The minimum absolute atomic E-state index is 0.0564. The van der Waals surface area contributed by atoms with E-state index in [4.69, 9.17) is 4.74 Å². The van der Waals surface area contributed by atoms with Crippen LogP contribution in [0.1, 0.15) is 6.42 Å². The van der Waals surface area contributed by atoms with E-state index in [1.54, 1.807) is 7.11 Å². The number of rotatable bonds is 2. The molecule has 1 rings (SSSR count). The second kappa shape index (κ2) is 6.04. The number of nitrogens with zero attached hydrogens (tertiary/aromatic N) is 1. The summed E-state index contributed by atoms with van der Waals surface area (Å²) in [5.74, 6) is 3.31. The molecule has 0 radical (unpaired) electrons. The fraction of sp³-hybridized carbons (Fsp3) is 0.615. The summed E-state index contributed by atoms with van der Waals surface area (Å²) in [7, 11) is 0.249. The molecule has 0 saturated heterocycles. The van der Waals surface area contributed by atoms with Crippen LogP contribution < -0.4 is 0 Å². The van der Waals surface area contributed by atoms with E-state index in [1.807, 2.05) is 4.90 Å². The number of ether oxygens (including phenoxy) is 1. The molecule has 3 nitrogen and oxygen atoms in total. The summed E-state index contributed by atoms with van der Waals surface area (Å²) >= 11 is 0. The molecule has 0 spiro atoms. The van der Waals surface area contributed by atoms with Gasteiger partial charge in [0.2, 0.25) is 5.91 Å². The van der Waals surface area contributed by atoms with Crippen LogP contribution in [0.3, 0.4) is 0 Å². The summed E-state index contributed by atoms with van der Waals surface area (Å²) in [6.45, 7) is 8.30. The Morgan fingerprint density at radius 2 is 2.24 bits per heavy atom. The summed E-state index contributed by atoms with van der Waals surface area (Å²) in [4.78, 5) is 13.4. The minimum Gasteiger partial charge on any atom is -0.375 e. The number of carbonyl (C=O) groups is 1. The molecule has 0 aromatic carbocycles. The van der Waals surface area contributed by atoms with Crippen molar-refractivity contribution in [3.63, 3.8) is 0 Å². The first-order valence-electron chi connectivity index (χ1n) is 5.91. The van der Waals surface area contributed by atoms with Gasteiger partial charge >= 0.3 is 0 Å². The summed E-state index contributed by atoms with van der Waals surface area (Å²) in [5.41, 5.74) is 4.53. The number of hydrogen-bond donors (Lipinski definition) is 0. The van der Waals surface area contributed by atoms with Crippen molar-refractivity contribution in [1.82, 2.24) is 4.90 Å². The molecule has 4 heteroatoms. The Morgan fingerprint density at radius 3 is 2.71 bits per heavy atom. The van der Waals surface area contributed by atoms with E-state index < -0.39 is 8.07 Å². The van der Waals surface area contributed by atoms with Crippen molar-refractivity contribution in [1.29, 1.82) is 0 Å². The first kappa shape index (κ1) is 14.0. The second-order valence-corrected chi connectivity index (χ2v) is 10.0. The Hall–Kier alpha value is -1.05. The van der Waals surface area contributed by atoms with E-state index in [-0.39, 0.29) is 12.5 Å². The summed E-state index contributed by atoms with van der Waals surface area (Å²) in [6.07, 6.45) is 2.93. The predicted molar refractivity (Wildman–Crippen MR) is 72.3 cm³/mol. The average Bonchev–Trinajstić information content (AvgIpc) is 2.26. The molecule has 0 aromatic heterocycles. The maximum atomic E-state index is 11.6. The Morgan fingerprint density at radius 1 is 1.53 bits per heavy atom. The Labute approximate surface area is 105 Å². The van der Waals surface area contributed by atoms with E-state index >= 15 is 0 Å². The zero-order chi connectivity index (χ0) is 12.9. The minimum atomic E-state index is -1.30. The lowest BCUT2D eigenvalue weighted by atomic mass is 10.1. The van der Waals surface area contributed by atoms with Gasteiger partial charge in [0.1, 0.15) is 14.7 Å². The molecule has 0 fully saturated rings. The van der Waals surface area contributed by atoms with Crippen molar-refractivity contribution in [2.75, 3.05) is 26.8 Å². The van der Waals surface area contributed by atoms with Crippen molar-refractivity contribution < 1.29 is 9.53 Å². The Balaban J connectivity index is 2.55. The molecular weight excluding hydrogens is 230 g/mol. The van der Waals surface area contributed by atoms with Crippen molar-refractivity contribution in [3.8, 4) is 11.5 Å². The molecule has 1 heterocycles. The van der Waals surface area contributed by atoms with Crippen LogP contribution in [0.5, 0.6) is 0 Å². The van der Waals surface area contributed by atoms with Crippen LogP contribution in [0.15, 0.2) is 11.6 Å². The highest BCUT2D eigenvalue weighted by atomic mass is 28.3. The maximum Gasteiger partial charge on any atom is 0.248 e. The Kier molecular flexibility index (Phi) is 4.97. The number of amides is 1. The third kappa shape index (κ3) is 5.20. The number of methoxy groups -OCH3 is 1. The van der Waals surface area contributed by atoms with Gasteiger partial charge in [0, 0.05) is 25.8 Å². The fourth-order valence-electron chi connectivity index (χ4n) is 1.49. The highest BCUT2D eigenvalue weighted by molar-refractivity contribution is 6.83. The molecule has 0 atom stereocenters.